The van der Waals surface area contributed by atoms with E-state index in [9.17, 15) is 0 Å². The quantitative estimate of drug-likeness (QED) is 0.795. The van der Waals surface area contributed by atoms with Crippen LogP contribution in [0.5, 0.6) is 0 Å². The Morgan fingerprint density at radius 2 is 2.07 bits per heavy atom. The molecule has 0 spiro atoms. The number of hydrogen-bond donors (Lipinski definition) is 1. The smallest absolute Gasteiger partial charge is 0.246 e. The lowest BCUT2D eigenvalue weighted by atomic mass is 10.1. The van der Waals surface area contributed by atoms with Crippen LogP contribution in [0.25, 0.3) is 0 Å². The molecule has 0 bridgehead atoms. The van der Waals surface area contributed by atoms with Crippen LogP contribution in [0, 0.1) is 0 Å². The molecule has 1 aliphatic rings. The zero-order chi connectivity index (χ0) is 10.4. The van der Waals surface area contributed by atoms with E-state index in [1.807, 2.05) is 20.9 Å². The van der Waals surface area contributed by atoms with Crippen molar-refractivity contribution in [2.45, 2.75) is 44.6 Å². The summed E-state index contributed by atoms with van der Waals surface area (Å²) in [7, 11) is 1.89. The van der Waals surface area contributed by atoms with Crippen LogP contribution in [0.3, 0.4) is 0 Å². The maximum Gasteiger partial charge on any atom is 0.246 e. The van der Waals surface area contributed by atoms with Crippen LogP contribution in [-0.2, 0) is 11.0 Å². The fourth-order valence-electron chi connectivity index (χ4n) is 1.24. The van der Waals surface area contributed by atoms with Gasteiger partial charge in [-0.2, -0.15) is 4.98 Å². The highest BCUT2D eigenvalue weighted by atomic mass is 16.5. The molecule has 0 atom stereocenters. The second-order valence-corrected chi connectivity index (χ2v) is 4.86. The summed E-state index contributed by atoms with van der Waals surface area (Å²) in [6.07, 6.45) is 2.35. The largest absolute Gasteiger partial charge is 0.337 e. The van der Waals surface area contributed by atoms with Crippen LogP contribution in [0.4, 0.5) is 0 Å². The van der Waals surface area contributed by atoms with E-state index in [4.69, 9.17) is 4.52 Å². The first-order valence-corrected chi connectivity index (χ1v) is 5.01. The van der Waals surface area contributed by atoms with E-state index in [2.05, 4.69) is 22.4 Å². The molecule has 1 aliphatic carbocycles. The summed E-state index contributed by atoms with van der Waals surface area (Å²) in [6, 6.07) is 0. The number of aromatic nitrogens is 2. The lowest BCUT2D eigenvalue weighted by Gasteiger charge is -2.17. The molecule has 0 aromatic carbocycles. The topological polar surface area (TPSA) is 51.0 Å². The summed E-state index contributed by atoms with van der Waals surface area (Å²) in [5, 5.41) is 7.18. The molecule has 1 aromatic heterocycles. The number of nitrogens with one attached hydrogen (secondary N) is 1. The normalized spacial score (nSPS) is 19.7. The zero-order valence-electron chi connectivity index (χ0n) is 9.22. The van der Waals surface area contributed by atoms with E-state index in [-0.39, 0.29) is 11.0 Å². The van der Waals surface area contributed by atoms with Crippen molar-refractivity contribution in [1.29, 1.82) is 0 Å². The summed E-state index contributed by atoms with van der Waals surface area (Å²) in [5.41, 5.74) is -0.0535. The van der Waals surface area contributed by atoms with Gasteiger partial charge in [0.2, 0.25) is 5.89 Å². The molecule has 1 fully saturated rings. The van der Waals surface area contributed by atoms with Crippen molar-refractivity contribution in [3.63, 3.8) is 0 Å². The van der Waals surface area contributed by atoms with E-state index >= 15 is 0 Å². The Balaban J connectivity index is 2.26. The summed E-state index contributed by atoms with van der Waals surface area (Å²) < 4.78 is 5.26. The molecule has 0 radical (unpaired) electrons. The molecule has 1 heterocycles. The number of hydrogen-bond acceptors (Lipinski definition) is 4. The first kappa shape index (κ1) is 9.65. The predicted octanol–water partition coefficient (Wildman–Crippen LogP) is 1.58. The Morgan fingerprint density at radius 3 is 2.57 bits per heavy atom. The standard InChI is InChI=1S/C10H17N3O/c1-9(2,11-4)8-12-7(13-14-8)10(3)5-6-10/h11H,5-6H2,1-4H3. The van der Waals surface area contributed by atoms with Gasteiger partial charge in [0.25, 0.3) is 0 Å². The summed E-state index contributed by atoms with van der Waals surface area (Å²) in [5.74, 6) is 1.53. The van der Waals surface area contributed by atoms with Gasteiger partial charge in [-0.15, -0.1) is 0 Å². The maximum absolute atomic E-state index is 5.26. The van der Waals surface area contributed by atoms with Gasteiger partial charge < -0.3 is 9.84 Å². The summed E-state index contributed by atoms with van der Waals surface area (Å²) in [6.45, 7) is 6.23. The van der Waals surface area contributed by atoms with Crippen LogP contribution in [0.15, 0.2) is 4.52 Å². The van der Waals surface area contributed by atoms with Gasteiger partial charge in [0.15, 0.2) is 5.82 Å². The Labute approximate surface area is 84.1 Å². The molecule has 14 heavy (non-hydrogen) atoms. The van der Waals surface area contributed by atoms with Crippen molar-refractivity contribution in [2.24, 2.45) is 0 Å². The summed E-state index contributed by atoms with van der Waals surface area (Å²) >= 11 is 0. The monoisotopic (exact) mass is 195 g/mol. The molecule has 1 aromatic rings. The van der Waals surface area contributed by atoms with Crippen molar-refractivity contribution in [3.8, 4) is 0 Å². The Bertz CT molecular complexity index is 339. The van der Waals surface area contributed by atoms with Crippen LogP contribution >= 0.6 is 0 Å². The fraction of sp³-hybridized carbons (Fsp3) is 0.800. The molecule has 0 saturated heterocycles. The molecule has 78 valence electrons. The molecule has 4 nitrogen and oxygen atoms in total. The number of rotatable bonds is 3. The van der Waals surface area contributed by atoms with Crippen LogP contribution < -0.4 is 5.32 Å². The van der Waals surface area contributed by atoms with Crippen LogP contribution in [0.1, 0.15) is 45.3 Å². The minimum absolute atomic E-state index is 0.186. The van der Waals surface area contributed by atoms with Gasteiger partial charge in [-0.3, -0.25) is 0 Å². The first-order valence-electron chi connectivity index (χ1n) is 5.01. The highest BCUT2D eigenvalue weighted by Crippen LogP contribution is 2.46. The van der Waals surface area contributed by atoms with Crippen molar-refractivity contribution in [1.82, 2.24) is 15.5 Å². The molecule has 2 rings (SSSR count). The molecule has 0 unspecified atom stereocenters. The molecule has 0 aliphatic heterocycles. The molecule has 1 saturated carbocycles. The molecular weight excluding hydrogens is 178 g/mol. The van der Waals surface area contributed by atoms with Gasteiger partial charge in [-0.05, 0) is 33.7 Å². The van der Waals surface area contributed by atoms with E-state index in [1.165, 1.54) is 12.8 Å². The van der Waals surface area contributed by atoms with Gasteiger partial charge in [0.05, 0.1) is 5.54 Å². The molecule has 1 N–H and O–H groups in total. The van der Waals surface area contributed by atoms with Gasteiger partial charge in [-0.25, -0.2) is 0 Å². The van der Waals surface area contributed by atoms with Crippen molar-refractivity contribution >= 4 is 0 Å². The fourth-order valence-corrected chi connectivity index (χ4v) is 1.24. The van der Waals surface area contributed by atoms with Gasteiger partial charge in [0, 0.05) is 5.41 Å². The van der Waals surface area contributed by atoms with Gasteiger partial charge in [0.1, 0.15) is 0 Å². The third kappa shape index (κ3) is 1.43. The van der Waals surface area contributed by atoms with E-state index < -0.39 is 0 Å². The average Bonchev–Trinajstić information content (AvgIpc) is 2.72. The lowest BCUT2D eigenvalue weighted by molar-refractivity contribution is 0.279. The average molecular weight is 195 g/mol. The van der Waals surface area contributed by atoms with Gasteiger partial charge in [-0.1, -0.05) is 12.1 Å². The maximum atomic E-state index is 5.26. The first-order chi connectivity index (χ1) is 6.48. The Morgan fingerprint density at radius 1 is 1.43 bits per heavy atom. The highest BCUT2D eigenvalue weighted by molar-refractivity contribution is 5.15. The third-order valence-electron chi connectivity index (χ3n) is 3.13. The van der Waals surface area contributed by atoms with E-state index in [0.717, 1.165) is 5.82 Å². The van der Waals surface area contributed by atoms with E-state index in [0.29, 0.717) is 5.89 Å². The van der Waals surface area contributed by atoms with Crippen LogP contribution in [-0.4, -0.2) is 17.2 Å². The SMILES string of the molecule is CNC(C)(C)c1nc(C2(C)CC2)no1. The van der Waals surface area contributed by atoms with Crippen molar-refractivity contribution < 1.29 is 4.52 Å². The second-order valence-electron chi connectivity index (χ2n) is 4.86. The lowest BCUT2D eigenvalue weighted by Crippen LogP contribution is -2.33. The van der Waals surface area contributed by atoms with Crippen LogP contribution in [0.2, 0.25) is 0 Å². The highest BCUT2D eigenvalue weighted by Gasteiger charge is 2.44. The Kier molecular flexibility index (Phi) is 1.93. The molecule has 4 heteroatoms. The van der Waals surface area contributed by atoms with Crippen molar-refractivity contribution in [3.05, 3.63) is 11.7 Å². The predicted molar refractivity (Wildman–Crippen MR) is 53.0 cm³/mol. The summed E-state index contributed by atoms with van der Waals surface area (Å²) in [4.78, 5) is 4.45. The van der Waals surface area contributed by atoms with Gasteiger partial charge >= 0.3 is 0 Å². The minimum atomic E-state index is -0.240. The Hall–Kier alpha value is -0.900. The molecular formula is C10H17N3O. The third-order valence-corrected chi connectivity index (χ3v) is 3.13. The van der Waals surface area contributed by atoms with E-state index in [1.54, 1.807) is 0 Å². The molecule has 0 amide bonds. The number of nitrogens with zero attached hydrogens (tertiary/aromatic N) is 2. The minimum Gasteiger partial charge on any atom is -0.337 e. The second kappa shape index (κ2) is 2.79. The van der Waals surface area contributed by atoms with Crippen molar-refractivity contribution in [2.75, 3.05) is 7.05 Å². The zero-order valence-corrected chi connectivity index (χ0v) is 9.22.